The van der Waals surface area contributed by atoms with Gasteiger partial charge < -0.3 is 16.0 Å². The van der Waals surface area contributed by atoms with Gasteiger partial charge in [-0.15, -0.1) is 24.8 Å². The molecule has 0 aliphatic carbocycles. The number of likely N-dealkylation sites (N-methyl/N-ethyl adjacent to an activating group) is 1. The van der Waals surface area contributed by atoms with Crippen molar-refractivity contribution in [1.82, 2.24) is 10.2 Å². The van der Waals surface area contributed by atoms with Gasteiger partial charge >= 0.3 is 0 Å². The third-order valence-corrected chi connectivity index (χ3v) is 2.87. The molecule has 4 nitrogen and oxygen atoms in total. The molecule has 0 bridgehead atoms. The molecule has 0 fully saturated rings. The largest absolute Gasteiger partial charge is 0.348 e. The van der Waals surface area contributed by atoms with Crippen molar-refractivity contribution in [2.24, 2.45) is 11.7 Å². The summed E-state index contributed by atoms with van der Waals surface area (Å²) in [7, 11) is 3.99. The predicted molar refractivity (Wildman–Crippen MR) is 88.6 cm³/mol. The maximum Gasteiger partial charge on any atom is 0.224 e. The molecule has 3 N–H and O–H groups in total. The van der Waals surface area contributed by atoms with E-state index < -0.39 is 0 Å². The summed E-state index contributed by atoms with van der Waals surface area (Å²) in [6.07, 6.45) is 0. The molecule has 0 aromatic heterocycles. The van der Waals surface area contributed by atoms with E-state index in [4.69, 9.17) is 5.73 Å². The summed E-state index contributed by atoms with van der Waals surface area (Å²) >= 11 is 0. The molecule has 6 heteroatoms. The average Bonchev–Trinajstić information content (AvgIpc) is 2.37. The Morgan fingerprint density at radius 3 is 2.25 bits per heavy atom. The molecular weight excluding hydrogens is 297 g/mol. The van der Waals surface area contributed by atoms with E-state index >= 15 is 0 Å². The maximum absolute atomic E-state index is 11.9. The Morgan fingerprint density at radius 2 is 1.80 bits per heavy atom. The number of hydrogen-bond donors (Lipinski definition) is 2. The Labute approximate surface area is 133 Å². The Hall–Kier alpha value is -0.810. The molecule has 2 atom stereocenters. The molecular formula is C14H25Cl2N3O. The van der Waals surface area contributed by atoms with E-state index in [1.165, 1.54) is 0 Å². The molecule has 1 aromatic carbocycles. The fourth-order valence-electron chi connectivity index (χ4n) is 1.71. The van der Waals surface area contributed by atoms with Crippen LogP contribution >= 0.6 is 24.8 Å². The molecule has 1 rings (SSSR count). The van der Waals surface area contributed by atoms with Gasteiger partial charge in [-0.1, -0.05) is 37.3 Å². The number of rotatable bonds is 6. The molecule has 0 radical (unpaired) electrons. The molecule has 0 spiro atoms. The molecule has 0 aliphatic rings. The number of hydrogen-bond acceptors (Lipinski definition) is 3. The number of amides is 1. The van der Waals surface area contributed by atoms with Gasteiger partial charge in [-0.3, -0.25) is 4.79 Å². The van der Waals surface area contributed by atoms with E-state index in [2.05, 4.69) is 10.2 Å². The first-order valence-corrected chi connectivity index (χ1v) is 6.24. The van der Waals surface area contributed by atoms with Gasteiger partial charge in [0.1, 0.15) is 0 Å². The summed E-state index contributed by atoms with van der Waals surface area (Å²) in [6, 6.07) is 10.00. The zero-order valence-corrected chi connectivity index (χ0v) is 13.8. The Kier molecular flexibility index (Phi) is 11.7. The Bertz CT molecular complexity index is 374. The number of nitrogens with two attached hydrogens (primary N) is 1. The fraction of sp³-hybridized carbons (Fsp3) is 0.500. The Balaban J connectivity index is 0. The smallest absolute Gasteiger partial charge is 0.224 e. The van der Waals surface area contributed by atoms with Crippen LogP contribution in [0.5, 0.6) is 0 Å². The minimum Gasteiger partial charge on any atom is -0.348 e. The van der Waals surface area contributed by atoms with E-state index in [1.54, 1.807) is 0 Å². The highest BCUT2D eigenvalue weighted by Gasteiger charge is 2.18. The lowest BCUT2D eigenvalue weighted by atomic mass is 10.0. The van der Waals surface area contributed by atoms with Crippen molar-refractivity contribution in [3.63, 3.8) is 0 Å². The molecule has 1 aromatic rings. The quantitative estimate of drug-likeness (QED) is 0.840. The van der Waals surface area contributed by atoms with Crippen molar-refractivity contribution in [2.75, 3.05) is 27.2 Å². The fourth-order valence-corrected chi connectivity index (χ4v) is 1.71. The molecule has 116 valence electrons. The van der Waals surface area contributed by atoms with E-state index in [0.29, 0.717) is 6.54 Å². The third kappa shape index (κ3) is 7.10. The molecule has 0 aliphatic heterocycles. The number of halogens is 2. The molecule has 0 saturated carbocycles. The highest BCUT2D eigenvalue weighted by Crippen LogP contribution is 2.14. The number of carbonyl (C=O) groups is 1. The standard InChI is InChI=1S/C14H23N3O.2ClH/c1-11(9-15)14(18)16-13(10-17(2)3)12-7-5-4-6-8-12;;/h4-8,11,13H,9-10,15H2,1-3H3,(H,16,18);2*1H. The van der Waals surface area contributed by atoms with Crippen LogP contribution in [-0.2, 0) is 4.79 Å². The summed E-state index contributed by atoms with van der Waals surface area (Å²) in [4.78, 5) is 14.0. The lowest BCUT2D eigenvalue weighted by Gasteiger charge is -2.24. The Morgan fingerprint density at radius 1 is 1.25 bits per heavy atom. The van der Waals surface area contributed by atoms with Crippen LogP contribution in [0.4, 0.5) is 0 Å². The summed E-state index contributed by atoms with van der Waals surface area (Å²) in [6.45, 7) is 2.98. The minimum atomic E-state index is -0.154. The molecule has 0 saturated heterocycles. The van der Waals surface area contributed by atoms with Gasteiger partial charge in [0.25, 0.3) is 0 Å². The van der Waals surface area contributed by atoms with Gasteiger partial charge in [0, 0.05) is 19.0 Å². The zero-order chi connectivity index (χ0) is 13.5. The number of nitrogens with zero attached hydrogens (tertiary/aromatic N) is 1. The van der Waals surface area contributed by atoms with Crippen molar-refractivity contribution in [3.8, 4) is 0 Å². The first kappa shape index (κ1) is 21.5. The van der Waals surface area contributed by atoms with Crippen molar-refractivity contribution >= 4 is 30.7 Å². The maximum atomic E-state index is 11.9. The molecule has 20 heavy (non-hydrogen) atoms. The second-order valence-corrected chi connectivity index (χ2v) is 4.87. The average molecular weight is 322 g/mol. The van der Waals surface area contributed by atoms with Gasteiger partial charge in [-0.2, -0.15) is 0 Å². The normalized spacial score (nSPS) is 12.8. The van der Waals surface area contributed by atoms with Crippen molar-refractivity contribution in [3.05, 3.63) is 35.9 Å². The van der Waals surface area contributed by atoms with Gasteiger partial charge in [-0.25, -0.2) is 0 Å². The summed E-state index contributed by atoms with van der Waals surface area (Å²) in [5.74, 6) is -0.147. The van der Waals surface area contributed by atoms with Gasteiger partial charge in [0.15, 0.2) is 0 Å². The lowest BCUT2D eigenvalue weighted by molar-refractivity contribution is -0.125. The van der Waals surface area contributed by atoms with Gasteiger partial charge in [0.2, 0.25) is 5.91 Å². The van der Waals surface area contributed by atoms with Gasteiger partial charge in [-0.05, 0) is 19.7 Å². The second-order valence-electron chi connectivity index (χ2n) is 4.87. The molecule has 2 unspecified atom stereocenters. The second kappa shape index (κ2) is 10.9. The van der Waals surface area contributed by atoms with Crippen molar-refractivity contribution in [1.29, 1.82) is 0 Å². The minimum absolute atomic E-state index is 0. The zero-order valence-electron chi connectivity index (χ0n) is 12.2. The first-order valence-electron chi connectivity index (χ1n) is 6.24. The number of nitrogens with one attached hydrogen (secondary N) is 1. The lowest BCUT2D eigenvalue weighted by Crippen LogP contribution is -2.39. The monoisotopic (exact) mass is 321 g/mol. The van der Waals surface area contributed by atoms with E-state index in [-0.39, 0.29) is 42.7 Å². The number of carbonyl (C=O) groups excluding carboxylic acids is 1. The third-order valence-electron chi connectivity index (χ3n) is 2.87. The van der Waals surface area contributed by atoms with E-state index in [9.17, 15) is 4.79 Å². The highest BCUT2D eigenvalue weighted by atomic mass is 35.5. The first-order chi connectivity index (χ1) is 8.54. The van der Waals surface area contributed by atoms with Crippen molar-refractivity contribution in [2.45, 2.75) is 13.0 Å². The van der Waals surface area contributed by atoms with Crippen LogP contribution in [0.25, 0.3) is 0 Å². The highest BCUT2D eigenvalue weighted by molar-refractivity contribution is 5.85. The molecule has 0 heterocycles. The van der Waals surface area contributed by atoms with Crippen LogP contribution in [0, 0.1) is 5.92 Å². The van der Waals surface area contributed by atoms with Crippen LogP contribution in [-0.4, -0.2) is 38.0 Å². The van der Waals surface area contributed by atoms with E-state index in [1.807, 2.05) is 51.4 Å². The number of benzene rings is 1. The van der Waals surface area contributed by atoms with Gasteiger partial charge in [0.05, 0.1) is 6.04 Å². The van der Waals surface area contributed by atoms with Crippen molar-refractivity contribution < 1.29 is 4.79 Å². The van der Waals surface area contributed by atoms with Crippen LogP contribution < -0.4 is 11.1 Å². The predicted octanol–water partition coefficient (Wildman–Crippen LogP) is 1.84. The van der Waals surface area contributed by atoms with Crippen LogP contribution in [0.2, 0.25) is 0 Å². The van der Waals surface area contributed by atoms with E-state index in [0.717, 1.165) is 12.1 Å². The SMILES string of the molecule is CC(CN)C(=O)NC(CN(C)C)c1ccccc1.Cl.Cl. The summed E-state index contributed by atoms with van der Waals surface area (Å²) in [5.41, 5.74) is 6.63. The van der Waals surface area contributed by atoms with Crippen LogP contribution in [0.1, 0.15) is 18.5 Å². The molecule has 1 amide bonds. The van der Waals surface area contributed by atoms with Crippen LogP contribution in [0.3, 0.4) is 0 Å². The van der Waals surface area contributed by atoms with Crippen LogP contribution in [0.15, 0.2) is 30.3 Å². The summed E-state index contributed by atoms with van der Waals surface area (Å²) in [5, 5.41) is 3.05. The topological polar surface area (TPSA) is 58.4 Å². The summed E-state index contributed by atoms with van der Waals surface area (Å²) < 4.78 is 0.